The van der Waals surface area contributed by atoms with Crippen LogP contribution in [0.25, 0.3) is 0 Å². The summed E-state index contributed by atoms with van der Waals surface area (Å²) in [7, 11) is 0. The number of nitrogens with two attached hydrogens (primary N) is 1. The van der Waals surface area contributed by atoms with E-state index in [1.165, 1.54) is 6.42 Å². The van der Waals surface area contributed by atoms with Gasteiger partial charge >= 0.3 is 0 Å². The zero-order valence-electron chi connectivity index (χ0n) is 8.84. The lowest BCUT2D eigenvalue weighted by atomic mass is 9.97. The number of hydrogen-bond donors (Lipinski definition) is 1. The first-order valence-corrected chi connectivity index (χ1v) is 4.99. The average molecular weight is 184 g/mol. The molecule has 1 aliphatic rings. The second kappa shape index (κ2) is 3.66. The number of nitrogens with zero attached hydrogens (tertiary/aromatic N) is 1. The molecular weight excluding hydrogens is 164 g/mol. The summed E-state index contributed by atoms with van der Waals surface area (Å²) in [6, 6.07) is 0. The first-order valence-electron chi connectivity index (χ1n) is 4.99. The highest BCUT2D eigenvalue weighted by Crippen LogP contribution is 2.17. The van der Waals surface area contributed by atoms with Crippen LogP contribution in [0.2, 0.25) is 0 Å². The van der Waals surface area contributed by atoms with Gasteiger partial charge in [-0.05, 0) is 32.6 Å². The molecule has 0 aliphatic carbocycles. The minimum absolute atomic E-state index is 0.0825. The molecule has 0 aromatic rings. The zero-order chi connectivity index (χ0) is 10.1. The molecule has 0 saturated carbocycles. The Balaban J connectivity index is 2.56. The van der Waals surface area contributed by atoms with Crippen LogP contribution in [0.15, 0.2) is 0 Å². The maximum absolute atomic E-state index is 11.8. The summed E-state index contributed by atoms with van der Waals surface area (Å²) in [6.07, 6.45) is 2.35. The number of likely N-dealkylation sites (tertiary alicyclic amines) is 1. The van der Waals surface area contributed by atoms with E-state index in [2.05, 4.69) is 6.92 Å². The van der Waals surface area contributed by atoms with E-state index in [9.17, 15) is 4.79 Å². The Morgan fingerprint density at radius 1 is 1.54 bits per heavy atom. The van der Waals surface area contributed by atoms with Gasteiger partial charge in [-0.3, -0.25) is 4.79 Å². The largest absolute Gasteiger partial charge is 0.341 e. The highest BCUT2D eigenvalue weighted by molar-refractivity contribution is 5.85. The normalized spacial score (nSPS) is 24.6. The van der Waals surface area contributed by atoms with Crippen molar-refractivity contribution < 1.29 is 4.79 Å². The van der Waals surface area contributed by atoms with Crippen LogP contribution in [0.4, 0.5) is 0 Å². The Morgan fingerprint density at radius 3 is 2.62 bits per heavy atom. The van der Waals surface area contributed by atoms with Crippen molar-refractivity contribution in [3.8, 4) is 0 Å². The van der Waals surface area contributed by atoms with Crippen LogP contribution in [0, 0.1) is 5.92 Å². The van der Waals surface area contributed by atoms with Crippen LogP contribution in [0.5, 0.6) is 0 Å². The van der Waals surface area contributed by atoms with Crippen molar-refractivity contribution in [1.29, 1.82) is 0 Å². The number of hydrogen-bond acceptors (Lipinski definition) is 2. The molecule has 1 atom stereocenters. The molecule has 1 saturated heterocycles. The van der Waals surface area contributed by atoms with Gasteiger partial charge in [-0.25, -0.2) is 0 Å². The second-order valence-corrected chi connectivity index (χ2v) is 4.72. The highest BCUT2D eigenvalue weighted by Gasteiger charge is 2.30. The summed E-state index contributed by atoms with van der Waals surface area (Å²) in [5.41, 5.74) is 5.05. The zero-order valence-corrected chi connectivity index (χ0v) is 8.84. The van der Waals surface area contributed by atoms with E-state index < -0.39 is 5.54 Å². The molecule has 1 heterocycles. The fourth-order valence-electron chi connectivity index (χ4n) is 1.78. The van der Waals surface area contributed by atoms with Crippen molar-refractivity contribution in [2.24, 2.45) is 11.7 Å². The van der Waals surface area contributed by atoms with Gasteiger partial charge in [0, 0.05) is 13.1 Å². The predicted octanol–water partition coefficient (Wildman–Crippen LogP) is 0.982. The molecule has 76 valence electrons. The van der Waals surface area contributed by atoms with Gasteiger partial charge in [0.15, 0.2) is 0 Å². The second-order valence-electron chi connectivity index (χ2n) is 4.72. The lowest BCUT2D eigenvalue weighted by Gasteiger charge is -2.35. The molecule has 1 rings (SSSR count). The van der Waals surface area contributed by atoms with Crippen LogP contribution in [0.3, 0.4) is 0 Å². The molecule has 1 amide bonds. The monoisotopic (exact) mass is 184 g/mol. The molecule has 0 spiro atoms. The summed E-state index contributed by atoms with van der Waals surface area (Å²) in [5, 5.41) is 0. The van der Waals surface area contributed by atoms with Crippen LogP contribution in [-0.2, 0) is 4.79 Å². The Hall–Kier alpha value is -0.570. The Bertz CT molecular complexity index is 196. The maximum Gasteiger partial charge on any atom is 0.242 e. The molecular formula is C10H20N2O. The molecule has 0 bridgehead atoms. The molecule has 3 nitrogen and oxygen atoms in total. The van der Waals surface area contributed by atoms with Crippen molar-refractivity contribution in [2.75, 3.05) is 13.1 Å². The number of amides is 1. The summed E-state index contributed by atoms with van der Waals surface area (Å²) < 4.78 is 0. The topological polar surface area (TPSA) is 46.3 Å². The third-order valence-electron chi connectivity index (χ3n) is 2.50. The van der Waals surface area contributed by atoms with Gasteiger partial charge in [-0.1, -0.05) is 6.92 Å². The lowest BCUT2D eigenvalue weighted by molar-refractivity contribution is -0.137. The van der Waals surface area contributed by atoms with Crippen LogP contribution in [0.1, 0.15) is 33.6 Å². The first kappa shape index (κ1) is 10.5. The molecule has 0 radical (unpaired) electrons. The van der Waals surface area contributed by atoms with E-state index >= 15 is 0 Å². The van der Waals surface area contributed by atoms with E-state index in [1.54, 1.807) is 13.8 Å². The molecule has 2 N–H and O–H groups in total. The summed E-state index contributed by atoms with van der Waals surface area (Å²) in [4.78, 5) is 13.7. The number of carbonyl (C=O) groups is 1. The summed E-state index contributed by atoms with van der Waals surface area (Å²) >= 11 is 0. The van der Waals surface area contributed by atoms with Gasteiger partial charge in [-0.15, -0.1) is 0 Å². The molecule has 0 aromatic heterocycles. The van der Waals surface area contributed by atoms with E-state index in [1.807, 2.05) is 4.90 Å². The fourth-order valence-corrected chi connectivity index (χ4v) is 1.78. The molecule has 1 aliphatic heterocycles. The van der Waals surface area contributed by atoms with Gasteiger partial charge < -0.3 is 10.6 Å². The Morgan fingerprint density at radius 2 is 2.15 bits per heavy atom. The minimum Gasteiger partial charge on any atom is -0.341 e. The van der Waals surface area contributed by atoms with Crippen molar-refractivity contribution >= 4 is 5.91 Å². The van der Waals surface area contributed by atoms with E-state index in [-0.39, 0.29) is 5.91 Å². The van der Waals surface area contributed by atoms with E-state index in [4.69, 9.17) is 5.73 Å². The Kier molecular flexibility index (Phi) is 2.96. The SMILES string of the molecule is C[C@H]1CCCN(C(=O)C(C)(C)N)C1. The van der Waals surface area contributed by atoms with Gasteiger partial charge in [0.25, 0.3) is 0 Å². The molecule has 0 unspecified atom stereocenters. The van der Waals surface area contributed by atoms with Gasteiger partial charge in [0.05, 0.1) is 5.54 Å². The standard InChI is InChI=1S/C10H20N2O/c1-8-5-4-6-12(7-8)9(13)10(2,3)11/h8H,4-7,11H2,1-3H3/t8-/m0/s1. The van der Waals surface area contributed by atoms with Crippen molar-refractivity contribution in [3.05, 3.63) is 0 Å². The fraction of sp³-hybridized carbons (Fsp3) is 0.900. The number of carbonyl (C=O) groups excluding carboxylic acids is 1. The predicted molar refractivity (Wildman–Crippen MR) is 53.2 cm³/mol. The minimum atomic E-state index is -0.711. The third-order valence-corrected chi connectivity index (χ3v) is 2.50. The molecule has 13 heavy (non-hydrogen) atoms. The third kappa shape index (κ3) is 2.69. The van der Waals surface area contributed by atoms with E-state index in [0.29, 0.717) is 5.92 Å². The first-order chi connectivity index (χ1) is 5.91. The van der Waals surface area contributed by atoms with Crippen LogP contribution >= 0.6 is 0 Å². The summed E-state index contributed by atoms with van der Waals surface area (Å²) in [5.74, 6) is 0.708. The number of rotatable bonds is 1. The van der Waals surface area contributed by atoms with E-state index in [0.717, 1.165) is 19.5 Å². The van der Waals surface area contributed by atoms with Crippen molar-refractivity contribution in [3.63, 3.8) is 0 Å². The Labute approximate surface area is 80.3 Å². The highest BCUT2D eigenvalue weighted by atomic mass is 16.2. The number of piperidine rings is 1. The lowest BCUT2D eigenvalue weighted by Crippen LogP contribution is -2.53. The molecule has 1 fully saturated rings. The van der Waals surface area contributed by atoms with Crippen molar-refractivity contribution in [2.45, 2.75) is 39.2 Å². The van der Waals surface area contributed by atoms with Crippen molar-refractivity contribution in [1.82, 2.24) is 4.90 Å². The van der Waals surface area contributed by atoms with Crippen LogP contribution < -0.4 is 5.73 Å². The van der Waals surface area contributed by atoms with Crippen LogP contribution in [-0.4, -0.2) is 29.4 Å². The average Bonchev–Trinajstić information content (AvgIpc) is 2.01. The van der Waals surface area contributed by atoms with Gasteiger partial charge in [0.2, 0.25) is 5.91 Å². The van der Waals surface area contributed by atoms with Gasteiger partial charge in [0.1, 0.15) is 0 Å². The van der Waals surface area contributed by atoms with Gasteiger partial charge in [-0.2, -0.15) is 0 Å². The quantitative estimate of drug-likeness (QED) is 0.660. The smallest absolute Gasteiger partial charge is 0.242 e. The molecule has 3 heteroatoms. The summed E-state index contributed by atoms with van der Waals surface area (Å²) in [6.45, 7) is 7.48. The maximum atomic E-state index is 11.8. The molecule has 0 aromatic carbocycles.